The molecule has 1 unspecified atom stereocenters. The summed E-state index contributed by atoms with van der Waals surface area (Å²) in [7, 11) is 1.80. The van der Waals surface area contributed by atoms with Gasteiger partial charge in [-0.25, -0.2) is 0 Å². The van der Waals surface area contributed by atoms with Crippen molar-refractivity contribution in [3.8, 4) is 0 Å². The van der Waals surface area contributed by atoms with E-state index in [4.69, 9.17) is 14.2 Å². The van der Waals surface area contributed by atoms with Crippen LogP contribution in [0.3, 0.4) is 0 Å². The molecule has 1 N–H and O–H groups in total. The number of methoxy groups -OCH3 is 1. The fourth-order valence-electron chi connectivity index (χ4n) is 3.67. The fraction of sp³-hybridized carbons (Fsp3) is 1.00. The van der Waals surface area contributed by atoms with Gasteiger partial charge in [0.15, 0.2) is 0 Å². The lowest BCUT2D eigenvalue weighted by atomic mass is 9.84. The second-order valence-electron chi connectivity index (χ2n) is 6.96. The van der Waals surface area contributed by atoms with Crippen LogP contribution in [-0.4, -0.2) is 51.7 Å². The molecule has 1 atom stereocenters. The third-order valence-electron chi connectivity index (χ3n) is 5.46. The van der Waals surface area contributed by atoms with Crippen LogP contribution in [-0.2, 0) is 14.2 Å². The Morgan fingerprint density at radius 3 is 2.65 bits per heavy atom. The van der Waals surface area contributed by atoms with Crippen LogP contribution < -0.4 is 5.32 Å². The van der Waals surface area contributed by atoms with Gasteiger partial charge in [-0.3, -0.25) is 0 Å². The zero-order chi connectivity index (χ0) is 13.9. The van der Waals surface area contributed by atoms with Crippen LogP contribution in [0.15, 0.2) is 0 Å². The van der Waals surface area contributed by atoms with E-state index in [1.807, 2.05) is 0 Å². The number of nitrogens with one attached hydrogen (secondary N) is 1. The lowest BCUT2D eigenvalue weighted by Crippen LogP contribution is -2.50. The molecule has 116 valence electrons. The van der Waals surface area contributed by atoms with Gasteiger partial charge in [0.05, 0.1) is 5.60 Å². The molecule has 0 aromatic carbocycles. The molecule has 3 rings (SSSR count). The molecule has 1 saturated carbocycles. The zero-order valence-corrected chi connectivity index (χ0v) is 12.8. The van der Waals surface area contributed by atoms with Crippen molar-refractivity contribution in [2.45, 2.75) is 56.6 Å². The van der Waals surface area contributed by atoms with Crippen LogP contribution in [0.1, 0.15) is 44.9 Å². The van der Waals surface area contributed by atoms with E-state index in [2.05, 4.69) is 5.32 Å². The molecule has 2 saturated heterocycles. The molecule has 0 aromatic rings. The summed E-state index contributed by atoms with van der Waals surface area (Å²) < 4.78 is 16.8. The minimum Gasteiger partial charge on any atom is -0.385 e. The maximum atomic E-state index is 6.11. The lowest BCUT2D eigenvalue weighted by molar-refractivity contribution is -0.140. The molecule has 3 fully saturated rings. The highest BCUT2D eigenvalue weighted by molar-refractivity contribution is 4.97. The molecule has 2 aliphatic heterocycles. The first-order valence-corrected chi connectivity index (χ1v) is 8.20. The summed E-state index contributed by atoms with van der Waals surface area (Å²) >= 11 is 0. The molecule has 20 heavy (non-hydrogen) atoms. The molecule has 4 nitrogen and oxygen atoms in total. The van der Waals surface area contributed by atoms with Crippen molar-refractivity contribution in [1.29, 1.82) is 0 Å². The summed E-state index contributed by atoms with van der Waals surface area (Å²) in [6.45, 7) is 4.70. The second-order valence-corrected chi connectivity index (χ2v) is 6.96. The van der Waals surface area contributed by atoms with Gasteiger partial charge < -0.3 is 19.5 Å². The Morgan fingerprint density at radius 2 is 1.95 bits per heavy atom. The van der Waals surface area contributed by atoms with Gasteiger partial charge in [-0.15, -0.1) is 0 Å². The van der Waals surface area contributed by atoms with Gasteiger partial charge in [-0.1, -0.05) is 0 Å². The predicted molar refractivity (Wildman–Crippen MR) is 77.9 cm³/mol. The fourth-order valence-corrected chi connectivity index (χ4v) is 3.67. The highest BCUT2D eigenvalue weighted by Crippen LogP contribution is 2.48. The third-order valence-corrected chi connectivity index (χ3v) is 5.46. The van der Waals surface area contributed by atoms with E-state index in [1.165, 1.54) is 19.3 Å². The number of rotatable bonds is 6. The average molecular weight is 283 g/mol. The summed E-state index contributed by atoms with van der Waals surface area (Å²) in [6, 6.07) is 0.627. The molecular formula is C16H29NO3. The highest BCUT2D eigenvalue weighted by atomic mass is 16.5. The Hall–Kier alpha value is -0.160. The van der Waals surface area contributed by atoms with Crippen molar-refractivity contribution in [2.24, 2.45) is 5.41 Å². The lowest BCUT2D eigenvalue weighted by Gasteiger charge is -2.43. The SMILES string of the molecule is COCCC1(CNC2CCOC3(CCOCC3)C2)CC1. The summed E-state index contributed by atoms with van der Waals surface area (Å²) in [4.78, 5) is 0. The van der Waals surface area contributed by atoms with Gasteiger partial charge in [0.25, 0.3) is 0 Å². The summed E-state index contributed by atoms with van der Waals surface area (Å²) in [6.07, 6.45) is 8.40. The molecule has 3 aliphatic rings. The van der Waals surface area contributed by atoms with Gasteiger partial charge in [-0.05, 0) is 50.4 Å². The van der Waals surface area contributed by atoms with Crippen molar-refractivity contribution in [2.75, 3.05) is 40.1 Å². The van der Waals surface area contributed by atoms with Crippen LogP contribution in [0.25, 0.3) is 0 Å². The van der Waals surface area contributed by atoms with Gasteiger partial charge in [0.2, 0.25) is 0 Å². The molecule has 1 aliphatic carbocycles. The summed E-state index contributed by atoms with van der Waals surface area (Å²) in [5, 5.41) is 3.83. The number of hydrogen-bond acceptors (Lipinski definition) is 4. The molecule has 0 aromatic heterocycles. The predicted octanol–water partition coefficient (Wildman–Crippen LogP) is 2.12. The van der Waals surface area contributed by atoms with E-state index in [0.29, 0.717) is 11.5 Å². The molecule has 0 amide bonds. The first-order chi connectivity index (χ1) is 9.76. The minimum atomic E-state index is 0.109. The third kappa shape index (κ3) is 3.53. The molecule has 1 spiro atoms. The molecule has 4 heteroatoms. The minimum absolute atomic E-state index is 0.109. The Balaban J connectivity index is 1.46. The summed E-state index contributed by atoms with van der Waals surface area (Å²) in [5.41, 5.74) is 0.647. The maximum absolute atomic E-state index is 6.11. The zero-order valence-electron chi connectivity index (χ0n) is 12.8. The van der Waals surface area contributed by atoms with E-state index in [1.54, 1.807) is 7.11 Å². The second kappa shape index (κ2) is 6.30. The molecular weight excluding hydrogens is 254 g/mol. The van der Waals surface area contributed by atoms with Crippen LogP contribution >= 0.6 is 0 Å². The number of hydrogen-bond donors (Lipinski definition) is 1. The Bertz CT molecular complexity index is 305. The molecule has 2 heterocycles. The first-order valence-electron chi connectivity index (χ1n) is 8.20. The normalized spacial score (nSPS) is 31.4. The van der Waals surface area contributed by atoms with Gasteiger partial charge in [-0.2, -0.15) is 0 Å². The smallest absolute Gasteiger partial charge is 0.0741 e. The topological polar surface area (TPSA) is 39.7 Å². The van der Waals surface area contributed by atoms with E-state index in [0.717, 1.165) is 58.7 Å². The first kappa shape index (κ1) is 14.8. The van der Waals surface area contributed by atoms with Crippen LogP contribution in [0, 0.1) is 5.41 Å². The van der Waals surface area contributed by atoms with Crippen molar-refractivity contribution >= 4 is 0 Å². The van der Waals surface area contributed by atoms with E-state index in [-0.39, 0.29) is 5.60 Å². The number of ether oxygens (including phenoxy) is 3. The van der Waals surface area contributed by atoms with Crippen LogP contribution in [0.5, 0.6) is 0 Å². The van der Waals surface area contributed by atoms with Crippen LogP contribution in [0.2, 0.25) is 0 Å². The van der Waals surface area contributed by atoms with Crippen LogP contribution in [0.4, 0.5) is 0 Å². The largest absolute Gasteiger partial charge is 0.385 e. The Morgan fingerprint density at radius 1 is 1.15 bits per heavy atom. The van der Waals surface area contributed by atoms with Crippen molar-refractivity contribution in [3.63, 3.8) is 0 Å². The maximum Gasteiger partial charge on any atom is 0.0741 e. The van der Waals surface area contributed by atoms with Crippen molar-refractivity contribution in [1.82, 2.24) is 5.32 Å². The molecule has 0 bridgehead atoms. The van der Waals surface area contributed by atoms with Gasteiger partial charge in [0, 0.05) is 46.1 Å². The monoisotopic (exact) mass is 283 g/mol. The molecule has 0 radical (unpaired) electrons. The van der Waals surface area contributed by atoms with E-state index < -0.39 is 0 Å². The Kier molecular flexibility index (Phi) is 4.65. The highest BCUT2D eigenvalue weighted by Gasteiger charge is 2.43. The van der Waals surface area contributed by atoms with E-state index in [9.17, 15) is 0 Å². The van der Waals surface area contributed by atoms with Crippen molar-refractivity contribution < 1.29 is 14.2 Å². The average Bonchev–Trinajstić information content (AvgIpc) is 3.25. The van der Waals surface area contributed by atoms with Gasteiger partial charge >= 0.3 is 0 Å². The summed E-state index contributed by atoms with van der Waals surface area (Å²) in [5.74, 6) is 0. The van der Waals surface area contributed by atoms with Crippen molar-refractivity contribution in [3.05, 3.63) is 0 Å². The Labute approximate surface area is 122 Å². The van der Waals surface area contributed by atoms with Gasteiger partial charge in [0.1, 0.15) is 0 Å². The van der Waals surface area contributed by atoms with E-state index >= 15 is 0 Å². The standard InChI is InChI=1S/C16H29NO3/c1-18-9-5-15(3-4-15)13-17-14-2-8-20-16(12-14)6-10-19-11-7-16/h14,17H,2-13H2,1H3. The quantitative estimate of drug-likeness (QED) is 0.810.